The van der Waals surface area contributed by atoms with E-state index in [2.05, 4.69) is 13.8 Å². The second-order valence-electron chi connectivity index (χ2n) is 11.4. The summed E-state index contributed by atoms with van der Waals surface area (Å²) in [6, 6.07) is 0. The van der Waals surface area contributed by atoms with Crippen molar-refractivity contribution in [3.05, 3.63) is 0 Å². The molecule has 0 saturated heterocycles. The van der Waals surface area contributed by atoms with Crippen molar-refractivity contribution in [2.45, 2.75) is 180 Å². The third-order valence-corrected chi connectivity index (χ3v) is 7.52. The van der Waals surface area contributed by atoms with Crippen LogP contribution in [0.3, 0.4) is 0 Å². The maximum absolute atomic E-state index is 12.7. The Morgan fingerprint density at radius 3 is 1.00 bits per heavy atom. The van der Waals surface area contributed by atoms with Gasteiger partial charge in [-0.05, 0) is 12.8 Å². The Labute approximate surface area is 249 Å². The number of hydrogen-bond donors (Lipinski definition) is 6. The number of carbonyl (C=O) groups excluding carboxylic acids is 2. The van der Waals surface area contributed by atoms with Gasteiger partial charge in [0.25, 0.3) is 0 Å². The molecule has 0 rings (SSSR count). The number of rotatable bonds is 28. The van der Waals surface area contributed by atoms with Gasteiger partial charge in [0.1, 0.15) is 6.10 Å². The molecule has 0 aliphatic carbocycles. The molecule has 41 heavy (non-hydrogen) atoms. The molecule has 1 unspecified atom stereocenters. The molecule has 0 aromatic rings. The quantitative estimate of drug-likeness (QED) is 0.0321. The Morgan fingerprint density at radius 1 is 0.561 bits per heavy atom. The highest BCUT2D eigenvalue weighted by atomic mass is 31.2. The van der Waals surface area contributed by atoms with Gasteiger partial charge in [-0.2, -0.15) is 0 Å². The fourth-order valence-corrected chi connectivity index (χ4v) is 4.94. The lowest BCUT2D eigenvalue weighted by Crippen LogP contribution is -2.57. The predicted octanol–water partition coefficient (Wildman–Crippen LogP) is 6.68. The molecule has 1 atom stereocenters. The number of unbranched alkanes of at least 4 members (excludes halogenated alkanes) is 20. The molecular formula is C31H63O9P. The van der Waals surface area contributed by atoms with E-state index in [-0.39, 0.29) is 12.8 Å². The van der Waals surface area contributed by atoms with E-state index in [0.717, 1.165) is 38.5 Å². The van der Waals surface area contributed by atoms with Crippen molar-refractivity contribution >= 4 is 19.4 Å². The first-order valence-corrected chi connectivity index (χ1v) is 17.9. The highest BCUT2D eigenvalue weighted by Gasteiger charge is 2.48. The van der Waals surface area contributed by atoms with E-state index < -0.39 is 37.7 Å². The zero-order chi connectivity index (χ0) is 31.4. The van der Waals surface area contributed by atoms with Crippen LogP contribution in [-0.2, 0) is 14.2 Å². The predicted molar refractivity (Wildman–Crippen MR) is 164 cm³/mol. The van der Waals surface area contributed by atoms with E-state index in [1.54, 1.807) is 0 Å². The van der Waals surface area contributed by atoms with Crippen LogP contribution in [0.1, 0.15) is 168 Å². The minimum atomic E-state index is -4.64. The molecule has 0 fully saturated rings. The number of aliphatic hydroxyl groups is 3. The summed E-state index contributed by atoms with van der Waals surface area (Å²) in [6.07, 6.45) is 23.7. The SMILES string of the molecule is CCCCCCCCCCCCCC(=O)C(O)(C(=O)CCCCCCCCCCCCC)C(O)CO.O=P(O)(O)O. The zero-order valence-corrected chi connectivity index (χ0v) is 27.0. The molecular weight excluding hydrogens is 547 g/mol. The molecule has 0 amide bonds. The maximum Gasteiger partial charge on any atom is 0.466 e. The van der Waals surface area contributed by atoms with Crippen LogP contribution in [-0.4, -0.2) is 59.9 Å². The number of Topliss-reactive ketones (excluding diaryl/α,β-unsaturated/α-hetero) is 2. The van der Waals surface area contributed by atoms with E-state index in [9.17, 15) is 24.9 Å². The van der Waals surface area contributed by atoms with Gasteiger partial charge in [0.2, 0.25) is 5.60 Å². The van der Waals surface area contributed by atoms with Crippen molar-refractivity contribution in [1.29, 1.82) is 0 Å². The van der Waals surface area contributed by atoms with Crippen LogP contribution >= 0.6 is 7.82 Å². The molecule has 9 nitrogen and oxygen atoms in total. The summed E-state index contributed by atoms with van der Waals surface area (Å²) in [4.78, 5) is 47.0. The number of hydrogen-bond acceptors (Lipinski definition) is 6. The van der Waals surface area contributed by atoms with E-state index in [0.29, 0.717) is 12.8 Å². The van der Waals surface area contributed by atoms with Gasteiger partial charge in [0.05, 0.1) is 6.61 Å². The topological polar surface area (TPSA) is 173 Å². The number of carbonyl (C=O) groups is 2. The highest BCUT2D eigenvalue weighted by molar-refractivity contribution is 7.45. The minimum absolute atomic E-state index is 0.0641. The van der Waals surface area contributed by atoms with E-state index in [1.807, 2.05) is 0 Å². The lowest BCUT2D eigenvalue weighted by molar-refractivity contribution is -0.166. The van der Waals surface area contributed by atoms with Crippen LogP contribution in [0.4, 0.5) is 0 Å². The van der Waals surface area contributed by atoms with Gasteiger partial charge < -0.3 is 30.0 Å². The van der Waals surface area contributed by atoms with E-state index in [4.69, 9.17) is 19.2 Å². The van der Waals surface area contributed by atoms with Gasteiger partial charge in [-0.1, -0.05) is 142 Å². The molecule has 6 N–H and O–H groups in total. The minimum Gasteiger partial charge on any atom is -0.394 e. The molecule has 0 aliphatic heterocycles. The second kappa shape index (κ2) is 28.1. The van der Waals surface area contributed by atoms with Gasteiger partial charge in [-0.15, -0.1) is 0 Å². The number of ketones is 2. The fraction of sp³-hybridized carbons (Fsp3) is 0.935. The van der Waals surface area contributed by atoms with Crippen molar-refractivity contribution < 1.29 is 44.2 Å². The standard InChI is InChI=1S/C31H60O5.H3O4P/c1-3-5-7-9-11-13-15-17-19-21-23-25-28(33)31(36,30(35)27-32)29(34)26-24-22-20-18-16-14-12-10-8-6-4-2;1-5(2,3)4/h30,32,35-36H,3-27H2,1-2H3;(H3,1,2,3,4). The monoisotopic (exact) mass is 610 g/mol. The summed E-state index contributed by atoms with van der Waals surface area (Å²) in [7, 11) is -4.64. The Kier molecular flexibility index (Phi) is 29.1. The first kappa shape index (κ1) is 42.5. The van der Waals surface area contributed by atoms with Crippen LogP contribution < -0.4 is 0 Å². The summed E-state index contributed by atoms with van der Waals surface area (Å²) in [5.74, 6) is -1.29. The molecule has 0 aromatic heterocycles. The van der Waals surface area contributed by atoms with Crippen molar-refractivity contribution in [2.75, 3.05) is 6.61 Å². The molecule has 10 heteroatoms. The molecule has 0 heterocycles. The van der Waals surface area contributed by atoms with Crippen molar-refractivity contribution in [3.8, 4) is 0 Å². The van der Waals surface area contributed by atoms with Crippen LogP contribution in [0.25, 0.3) is 0 Å². The Balaban J connectivity index is 0. The summed E-state index contributed by atoms with van der Waals surface area (Å²) in [6.45, 7) is 3.65. The molecule has 0 radical (unpaired) electrons. The van der Waals surface area contributed by atoms with Crippen LogP contribution in [0.15, 0.2) is 0 Å². The average molecular weight is 611 g/mol. The third kappa shape index (κ3) is 26.7. The lowest BCUT2D eigenvalue weighted by Gasteiger charge is -2.29. The van der Waals surface area contributed by atoms with Gasteiger partial charge in [0, 0.05) is 12.8 Å². The zero-order valence-electron chi connectivity index (χ0n) is 26.1. The molecule has 0 bridgehead atoms. The summed E-state index contributed by atoms with van der Waals surface area (Å²) >= 11 is 0. The normalized spacial score (nSPS) is 12.6. The Hall–Kier alpha value is -0.670. The molecule has 0 saturated carbocycles. The molecule has 246 valence electrons. The summed E-state index contributed by atoms with van der Waals surface area (Å²) in [5, 5.41) is 30.3. The van der Waals surface area contributed by atoms with E-state index >= 15 is 0 Å². The smallest absolute Gasteiger partial charge is 0.394 e. The van der Waals surface area contributed by atoms with Gasteiger partial charge in [-0.25, -0.2) is 4.57 Å². The summed E-state index contributed by atoms with van der Waals surface area (Å²) in [5.41, 5.74) is -2.47. The fourth-order valence-electron chi connectivity index (χ4n) is 4.94. The second-order valence-corrected chi connectivity index (χ2v) is 12.4. The van der Waals surface area contributed by atoms with Crippen molar-refractivity contribution in [2.24, 2.45) is 0 Å². The number of phosphoric acid groups is 1. The molecule has 0 aromatic carbocycles. The number of aliphatic hydroxyl groups excluding tert-OH is 2. The first-order chi connectivity index (χ1) is 19.4. The first-order valence-electron chi connectivity index (χ1n) is 16.3. The summed E-state index contributed by atoms with van der Waals surface area (Å²) < 4.78 is 8.88. The lowest BCUT2D eigenvalue weighted by atomic mass is 9.82. The van der Waals surface area contributed by atoms with Crippen molar-refractivity contribution in [1.82, 2.24) is 0 Å². The highest BCUT2D eigenvalue weighted by Crippen LogP contribution is 2.26. The Bertz CT molecular complexity index is 620. The molecule has 0 spiro atoms. The molecule has 0 aliphatic rings. The van der Waals surface area contributed by atoms with Crippen LogP contribution in [0, 0.1) is 0 Å². The van der Waals surface area contributed by atoms with Gasteiger partial charge in [-0.3, -0.25) is 9.59 Å². The van der Waals surface area contributed by atoms with Crippen molar-refractivity contribution in [3.63, 3.8) is 0 Å². The van der Waals surface area contributed by atoms with Gasteiger partial charge in [0.15, 0.2) is 11.6 Å². The third-order valence-electron chi connectivity index (χ3n) is 7.52. The maximum atomic E-state index is 12.7. The average Bonchev–Trinajstić information content (AvgIpc) is 2.92. The van der Waals surface area contributed by atoms with Crippen LogP contribution in [0.5, 0.6) is 0 Å². The van der Waals surface area contributed by atoms with E-state index in [1.165, 1.54) is 89.9 Å². The van der Waals surface area contributed by atoms with Gasteiger partial charge >= 0.3 is 7.82 Å². The Morgan fingerprint density at radius 2 is 0.780 bits per heavy atom. The largest absolute Gasteiger partial charge is 0.466 e. The van der Waals surface area contributed by atoms with Crippen LogP contribution in [0.2, 0.25) is 0 Å².